The lowest BCUT2D eigenvalue weighted by atomic mass is 10.1. The maximum atomic E-state index is 12.1. The van der Waals surface area contributed by atoms with Gasteiger partial charge in [-0.2, -0.15) is 0 Å². The van der Waals surface area contributed by atoms with E-state index in [0.717, 1.165) is 30.8 Å². The van der Waals surface area contributed by atoms with E-state index in [0.29, 0.717) is 6.54 Å². The van der Waals surface area contributed by atoms with Crippen LogP contribution in [0.3, 0.4) is 0 Å². The zero-order chi connectivity index (χ0) is 16.5. The highest BCUT2D eigenvalue weighted by Gasteiger charge is 2.21. The first-order valence-electron chi connectivity index (χ1n) is 7.93. The van der Waals surface area contributed by atoms with E-state index >= 15 is 0 Å². The molecular formula is C18H18N4OS. The molecule has 3 N–H and O–H groups in total. The second-order valence-electron chi connectivity index (χ2n) is 5.97. The van der Waals surface area contributed by atoms with Gasteiger partial charge in [-0.25, -0.2) is 4.98 Å². The van der Waals surface area contributed by atoms with E-state index in [1.54, 1.807) is 11.3 Å². The minimum absolute atomic E-state index is 0.113. The number of thiophene rings is 1. The summed E-state index contributed by atoms with van der Waals surface area (Å²) in [6.45, 7) is 2.36. The number of anilines is 1. The molecule has 24 heavy (non-hydrogen) atoms. The van der Waals surface area contributed by atoms with Gasteiger partial charge in [-0.1, -0.05) is 30.3 Å². The molecule has 0 spiro atoms. The molecule has 2 aromatic heterocycles. The van der Waals surface area contributed by atoms with Crippen LogP contribution < -0.4 is 11.3 Å². The number of hydrogen-bond acceptors (Lipinski definition) is 5. The van der Waals surface area contributed by atoms with Crippen LogP contribution in [0, 0.1) is 0 Å². The second kappa shape index (κ2) is 6.22. The summed E-state index contributed by atoms with van der Waals surface area (Å²) in [4.78, 5) is 23.8. The highest BCUT2D eigenvalue weighted by molar-refractivity contribution is 7.15. The van der Waals surface area contributed by atoms with Crippen LogP contribution in [0.1, 0.15) is 16.1 Å². The van der Waals surface area contributed by atoms with Gasteiger partial charge in [0, 0.05) is 35.8 Å². The molecule has 0 saturated carbocycles. The second-order valence-corrected chi connectivity index (χ2v) is 7.14. The molecule has 3 aromatic rings. The van der Waals surface area contributed by atoms with Crippen molar-refractivity contribution < 1.29 is 0 Å². The van der Waals surface area contributed by atoms with Gasteiger partial charge in [0.2, 0.25) is 5.95 Å². The summed E-state index contributed by atoms with van der Waals surface area (Å²) in [7, 11) is 0. The van der Waals surface area contributed by atoms with Gasteiger partial charge in [-0.3, -0.25) is 14.7 Å². The van der Waals surface area contributed by atoms with E-state index in [1.807, 2.05) is 6.07 Å². The van der Waals surface area contributed by atoms with Crippen LogP contribution in [0.4, 0.5) is 5.95 Å². The smallest absolute Gasteiger partial charge is 0.257 e. The molecule has 1 aromatic carbocycles. The third kappa shape index (κ3) is 2.98. The molecule has 0 unspecified atom stereocenters. The molecule has 1 aliphatic heterocycles. The van der Waals surface area contributed by atoms with Crippen molar-refractivity contribution in [3.63, 3.8) is 0 Å². The number of fused-ring (bicyclic) bond motifs is 1. The topological polar surface area (TPSA) is 75.0 Å². The van der Waals surface area contributed by atoms with E-state index < -0.39 is 0 Å². The average molecular weight is 338 g/mol. The van der Waals surface area contributed by atoms with Crippen LogP contribution in [-0.4, -0.2) is 21.4 Å². The molecule has 122 valence electrons. The lowest BCUT2D eigenvalue weighted by Crippen LogP contribution is -2.35. The maximum Gasteiger partial charge on any atom is 0.257 e. The number of nitrogens with one attached hydrogen (secondary N) is 1. The van der Waals surface area contributed by atoms with Gasteiger partial charge < -0.3 is 5.73 Å². The molecule has 5 nitrogen and oxygen atoms in total. The van der Waals surface area contributed by atoms with Crippen LogP contribution >= 0.6 is 11.3 Å². The monoisotopic (exact) mass is 338 g/mol. The molecule has 1 aliphatic rings. The fourth-order valence-electron chi connectivity index (χ4n) is 3.08. The van der Waals surface area contributed by atoms with Crippen molar-refractivity contribution in [2.75, 3.05) is 12.3 Å². The first-order chi connectivity index (χ1) is 11.7. The van der Waals surface area contributed by atoms with Gasteiger partial charge >= 0.3 is 0 Å². The third-order valence-electron chi connectivity index (χ3n) is 4.27. The highest BCUT2D eigenvalue weighted by atomic mass is 32.1. The van der Waals surface area contributed by atoms with Crippen molar-refractivity contribution in [2.45, 2.75) is 19.5 Å². The molecule has 0 amide bonds. The van der Waals surface area contributed by atoms with Crippen molar-refractivity contribution in [1.29, 1.82) is 0 Å². The van der Waals surface area contributed by atoms with Crippen LogP contribution in [-0.2, 0) is 19.5 Å². The van der Waals surface area contributed by atoms with Crippen LogP contribution in [0.2, 0.25) is 0 Å². The fourth-order valence-corrected chi connectivity index (χ4v) is 4.13. The Hall–Kier alpha value is -2.44. The Morgan fingerprint density at radius 1 is 1.21 bits per heavy atom. The Balaban J connectivity index is 1.51. The quantitative estimate of drug-likeness (QED) is 0.770. The molecule has 6 heteroatoms. The molecule has 0 aliphatic carbocycles. The first kappa shape index (κ1) is 15.1. The van der Waals surface area contributed by atoms with E-state index in [9.17, 15) is 4.79 Å². The molecule has 0 bridgehead atoms. The van der Waals surface area contributed by atoms with Gasteiger partial charge in [0.15, 0.2) is 0 Å². The largest absolute Gasteiger partial charge is 0.369 e. The van der Waals surface area contributed by atoms with E-state index in [1.165, 1.54) is 15.3 Å². The number of aromatic nitrogens is 2. The predicted octanol–water partition coefficient (Wildman–Crippen LogP) is 2.64. The summed E-state index contributed by atoms with van der Waals surface area (Å²) in [6.07, 6.45) is 0.764. The zero-order valence-corrected chi connectivity index (χ0v) is 14.0. The minimum atomic E-state index is -0.113. The van der Waals surface area contributed by atoms with Crippen LogP contribution in [0.15, 0.2) is 47.3 Å². The van der Waals surface area contributed by atoms with Gasteiger partial charge in [-0.05, 0) is 17.7 Å². The Bertz CT molecular complexity index is 916. The number of aromatic amines is 1. The lowest BCUT2D eigenvalue weighted by Gasteiger charge is -2.26. The fraction of sp³-hybridized carbons (Fsp3) is 0.222. The summed E-state index contributed by atoms with van der Waals surface area (Å²) >= 11 is 1.80. The Morgan fingerprint density at radius 3 is 2.88 bits per heavy atom. The summed E-state index contributed by atoms with van der Waals surface area (Å²) in [6, 6.07) is 14.7. The van der Waals surface area contributed by atoms with Crippen LogP contribution in [0.25, 0.3) is 10.4 Å². The predicted molar refractivity (Wildman–Crippen MR) is 96.8 cm³/mol. The molecule has 4 rings (SSSR count). The van der Waals surface area contributed by atoms with Gasteiger partial charge in [0.25, 0.3) is 5.56 Å². The standard InChI is InChI=1S/C18H18N4OS/c19-18-20-15-8-9-22(11-14(15)17(23)21-18)10-13-6-7-16(24-13)12-4-2-1-3-5-12/h1-7H,8-11H2,(H3,19,20,21,23). The summed E-state index contributed by atoms with van der Waals surface area (Å²) in [5, 5.41) is 0. The number of rotatable bonds is 3. The first-order valence-corrected chi connectivity index (χ1v) is 8.75. The molecule has 0 fully saturated rings. The number of hydrogen-bond donors (Lipinski definition) is 2. The zero-order valence-electron chi connectivity index (χ0n) is 13.2. The highest BCUT2D eigenvalue weighted by Crippen LogP contribution is 2.29. The Labute approximate surface area is 143 Å². The van der Waals surface area contributed by atoms with E-state index in [4.69, 9.17) is 5.73 Å². The molecule has 0 atom stereocenters. The summed E-state index contributed by atoms with van der Waals surface area (Å²) < 4.78 is 0. The normalized spacial score (nSPS) is 14.5. The number of nitrogen functional groups attached to an aromatic ring is 1. The van der Waals surface area contributed by atoms with Crippen LogP contribution in [0.5, 0.6) is 0 Å². The Morgan fingerprint density at radius 2 is 2.04 bits per heavy atom. The average Bonchev–Trinajstić information content (AvgIpc) is 3.05. The number of H-pyrrole nitrogens is 1. The minimum Gasteiger partial charge on any atom is -0.369 e. The molecule has 0 radical (unpaired) electrons. The third-order valence-corrected chi connectivity index (χ3v) is 5.38. The molecule has 0 saturated heterocycles. The van der Waals surface area contributed by atoms with Gasteiger partial charge in [-0.15, -0.1) is 11.3 Å². The number of nitrogens with two attached hydrogens (primary N) is 1. The number of nitrogens with zero attached hydrogens (tertiary/aromatic N) is 2. The molecular weight excluding hydrogens is 320 g/mol. The van der Waals surface area contributed by atoms with Crippen molar-refractivity contribution >= 4 is 17.3 Å². The van der Waals surface area contributed by atoms with Crippen molar-refractivity contribution in [1.82, 2.24) is 14.9 Å². The van der Waals surface area contributed by atoms with Gasteiger partial charge in [0.1, 0.15) is 0 Å². The van der Waals surface area contributed by atoms with Crippen molar-refractivity contribution in [3.8, 4) is 10.4 Å². The van der Waals surface area contributed by atoms with Gasteiger partial charge in [0.05, 0.1) is 11.3 Å². The number of benzene rings is 1. The van der Waals surface area contributed by atoms with E-state index in [-0.39, 0.29) is 11.5 Å². The summed E-state index contributed by atoms with van der Waals surface area (Å²) in [5.41, 5.74) is 8.33. The van der Waals surface area contributed by atoms with Crippen molar-refractivity contribution in [2.24, 2.45) is 0 Å². The van der Waals surface area contributed by atoms with E-state index in [2.05, 4.69) is 51.3 Å². The lowest BCUT2D eigenvalue weighted by molar-refractivity contribution is 0.244. The Kier molecular flexibility index (Phi) is 3.92. The maximum absolute atomic E-state index is 12.1. The molecule has 3 heterocycles. The summed E-state index contributed by atoms with van der Waals surface area (Å²) in [5.74, 6) is 0.206. The van der Waals surface area contributed by atoms with Crippen molar-refractivity contribution in [3.05, 3.63) is 69.0 Å². The SMILES string of the molecule is Nc1nc2c(c(=O)[nH]1)CN(Cc1ccc(-c3ccccc3)s1)CC2.